The van der Waals surface area contributed by atoms with Crippen LogP contribution >= 0.6 is 11.6 Å². The first kappa shape index (κ1) is 11.5. The van der Waals surface area contributed by atoms with Crippen molar-refractivity contribution >= 4 is 17.8 Å². The lowest BCUT2D eigenvalue weighted by atomic mass is 9.98. The molecule has 0 spiro atoms. The first-order valence-electron chi connectivity index (χ1n) is 3.78. The van der Waals surface area contributed by atoms with E-state index in [1.165, 1.54) is 6.42 Å². The van der Waals surface area contributed by atoms with Crippen LogP contribution in [0.4, 0.5) is 4.79 Å². The number of rotatable bonds is 0. The van der Waals surface area contributed by atoms with E-state index in [-0.39, 0.29) is 11.5 Å². The van der Waals surface area contributed by atoms with Crippen molar-refractivity contribution in [3.8, 4) is 0 Å². The molecule has 1 aliphatic rings. The average Bonchev–Trinajstić information content (AvgIpc) is 1.94. The molecule has 1 saturated carbocycles. The summed E-state index contributed by atoms with van der Waals surface area (Å²) in [6.45, 7) is 0. The van der Waals surface area contributed by atoms with Crippen molar-refractivity contribution < 1.29 is 20.1 Å². The molecule has 0 heterocycles. The maximum Gasteiger partial charge on any atom is 0.503 e. The lowest BCUT2D eigenvalue weighted by Crippen LogP contribution is -2.24. The third-order valence-corrected chi connectivity index (χ3v) is 2.16. The summed E-state index contributed by atoms with van der Waals surface area (Å²) in [5.74, 6) is 0. The zero-order valence-corrected chi connectivity index (χ0v) is 7.37. The molecule has 72 valence electrons. The fourth-order valence-corrected chi connectivity index (χ4v) is 1.35. The summed E-state index contributed by atoms with van der Waals surface area (Å²) >= 11 is 5.72. The van der Waals surface area contributed by atoms with E-state index in [0.717, 1.165) is 19.3 Å². The Morgan fingerprint density at radius 3 is 1.92 bits per heavy atom. The lowest BCUT2D eigenvalue weighted by molar-refractivity contribution is 0.134. The highest BCUT2D eigenvalue weighted by Gasteiger charge is 2.19. The van der Waals surface area contributed by atoms with Gasteiger partial charge in [0.1, 0.15) is 0 Å². The fourth-order valence-electron chi connectivity index (χ4n) is 1.07. The minimum atomic E-state index is -1.83. The maximum absolute atomic E-state index is 9.05. The van der Waals surface area contributed by atoms with Gasteiger partial charge < -0.3 is 15.3 Å². The molecule has 0 aromatic rings. The smallest absolute Gasteiger partial charge is 0.450 e. The molecule has 3 N–H and O–H groups in total. The predicted octanol–water partition coefficient (Wildman–Crippen LogP) is 1.75. The highest BCUT2D eigenvalue weighted by molar-refractivity contribution is 6.21. The topological polar surface area (TPSA) is 77.8 Å². The molecule has 0 aromatic carbocycles. The summed E-state index contributed by atoms with van der Waals surface area (Å²) in [6, 6.07) is 0. The Hall–Kier alpha value is -0.480. The quantitative estimate of drug-likeness (QED) is 0.516. The van der Waals surface area contributed by atoms with Crippen molar-refractivity contribution in [2.75, 3.05) is 0 Å². The third-order valence-electron chi connectivity index (χ3n) is 1.65. The van der Waals surface area contributed by atoms with Gasteiger partial charge in [0.25, 0.3) is 0 Å². The Balaban J connectivity index is 0.000000261. The van der Waals surface area contributed by atoms with Gasteiger partial charge in [0, 0.05) is 0 Å². The molecule has 0 saturated heterocycles. The van der Waals surface area contributed by atoms with Crippen molar-refractivity contribution in [3.05, 3.63) is 0 Å². The van der Waals surface area contributed by atoms with Crippen LogP contribution in [0.3, 0.4) is 0 Å². The molecule has 4 nitrogen and oxygen atoms in total. The Kier molecular flexibility index (Phi) is 5.84. The number of halogens is 1. The summed E-state index contributed by atoms with van der Waals surface area (Å²) < 4.78 is 0. The molecule has 12 heavy (non-hydrogen) atoms. The van der Waals surface area contributed by atoms with E-state index in [1.54, 1.807) is 0 Å². The third kappa shape index (κ3) is 6.24. The molecule has 1 aliphatic carbocycles. The first-order valence-corrected chi connectivity index (χ1v) is 4.21. The zero-order chi connectivity index (χ0) is 9.56. The molecule has 1 fully saturated rings. The summed E-state index contributed by atoms with van der Waals surface area (Å²) in [7, 11) is 0. The fraction of sp³-hybridized carbons (Fsp3) is 0.857. The van der Waals surface area contributed by atoms with Crippen molar-refractivity contribution in [2.45, 2.75) is 37.2 Å². The molecular weight excluding hydrogens is 184 g/mol. The molecule has 1 rings (SSSR count). The minimum absolute atomic E-state index is 0.0312. The molecule has 0 aromatic heterocycles. The zero-order valence-electron chi connectivity index (χ0n) is 6.61. The number of aliphatic hydroxyl groups is 1. The largest absolute Gasteiger partial charge is 0.503 e. The summed E-state index contributed by atoms with van der Waals surface area (Å²) in [5.41, 5.74) is 0. The first-order chi connectivity index (χ1) is 5.54. The number of aliphatic hydroxyl groups excluding tert-OH is 1. The van der Waals surface area contributed by atoms with Gasteiger partial charge in [0.05, 0.1) is 11.5 Å². The minimum Gasteiger partial charge on any atom is -0.450 e. The molecule has 0 bridgehead atoms. The predicted molar refractivity (Wildman–Crippen MR) is 44.8 cm³/mol. The monoisotopic (exact) mass is 196 g/mol. The van der Waals surface area contributed by atoms with Gasteiger partial charge in [0.15, 0.2) is 0 Å². The van der Waals surface area contributed by atoms with Gasteiger partial charge in [-0.25, -0.2) is 4.79 Å². The number of carboxylic acid groups (broad SMARTS) is 2. The molecule has 0 radical (unpaired) electrons. The van der Waals surface area contributed by atoms with Crippen LogP contribution in [-0.2, 0) is 0 Å². The maximum atomic E-state index is 9.05. The van der Waals surface area contributed by atoms with Gasteiger partial charge in [-0.1, -0.05) is 12.8 Å². The van der Waals surface area contributed by atoms with Crippen LogP contribution in [0.1, 0.15) is 25.7 Å². The second-order valence-electron chi connectivity index (χ2n) is 2.65. The van der Waals surface area contributed by atoms with E-state index < -0.39 is 6.16 Å². The second-order valence-corrected chi connectivity index (χ2v) is 3.21. The number of hydrogen-bond donors (Lipinski definition) is 3. The van der Waals surface area contributed by atoms with E-state index in [2.05, 4.69) is 0 Å². The van der Waals surface area contributed by atoms with E-state index in [1.807, 2.05) is 0 Å². The van der Waals surface area contributed by atoms with Gasteiger partial charge in [0.2, 0.25) is 0 Å². The van der Waals surface area contributed by atoms with Crippen LogP contribution in [-0.4, -0.2) is 33.0 Å². The SMILES string of the molecule is O=C(O)O.O[C@@H]1CCCC[C@@H]1Cl. The highest BCUT2D eigenvalue weighted by atomic mass is 35.5. The Morgan fingerprint density at radius 2 is 1.67 bits per heavy atom. The van der Waals surface area contributed by atoms with Crippen molar-refractivity contribution in [3.63, 3.8) is 0 Å². The van der Waals surface area contributed by atoms with Crippen molar-refractivity contribution in [1.29, 1.82) is 0 Å². The van der Waals surface area contributed by atoms with Crippen molar-refractivity contribution in [2.24, 2.45) is 0 Å². The van der Waals surface area contributed by atoms with Gasteiger partial charge in [-0.2, -0.15) is 0 Å². The van der Waals surface area contributed by atoms with E-state index in [0.29, 0.717) is 0 Å². The molecule has 0 amide bonds. The molecule has 5 heteroatoms. The summed E-state index contributed by atoms with van der Waals surface area (Å²) in [4.78, 5) is 8.56. The van der Waals surface area contributed by atoms with E-state index >= 15 is 0 Å². The van der Waals surface area contributed by atoms with Crippen LogP contribution < -0.4 is 0 Å². The van der Waals surface area contributed by atoms with Gasteiger partial charge >= 0.3 is 6.16 Å². The standard InChI is InChI=1S/C6H11ClO.CH2O3/c7-5-3-1-2-4-6(5)8;2-1(3)4/h5-6,8H,1-4H2;(H2,2,3,4)/t5-,6+;/m0./s1. The molecular formula is C7H13ClO4. The van der Waals surface area contributed by atoms with E-state index in [9.17, 15) is 0 Å². The van der Waals surface area contributed by atoms with Crippen LogP contribution in [0.5, 0.6) is 0 Å². The molecule has 0 aliphatic heterocycles. The summed E-state index contributed by atoms with van der Waals surface area (Å²) in [6.07, 6.45) is 2.15. The second kappa shape index (κ2) is 6.08. The Morgan fingerprint density at radius 1 is 1.25 bits per heavy atom. The van der Waals surface area contributed by atoms with E-state index in [4.69, 9.17) is 31.7 Å². The van der Waals surface area contributed by atoms with Crippen LogP contribution in [0.2, 0.25) is 0 Å². The summed E-state index contributed by atoms with van der Waals surface area (Å²) in [5, 5.41) is 23.0. The number of carbonyl (C=O) groups is 1. The van der Waals surface area contributed by atoms with Crippen LogP contribution in [0, 0.1) is 0 Å². The van der Waals surface area contributed by atoms with Gasteiger partial charge in [-0.05, 0) is 12.8 Å². The number of alkyl halides is 1. The average molecular weight is 197 g/mol. The van der Waals surface area contributed by atoms with Crippen molar-refractivity contribution in [1.82, 2.24) is 0 Å². The number of hydrogen-bond acceptors (Lipinski definition) is 2. The van der Waals surface area contributed by atoms with Crippen LogP contribution in [0.15, 0.2) is 0 Å². The highest BCUT2D eigenvalue weighted by Crippen LogP contribution is 2.22. The lowest BCUT2D eigenvalue weighted by Gasteiger charge is -2.21. The Bertz CT molecular complexity index is 125. The van der Waals surface area contributed by atoms with Gasteiger partial charge in [-0.3, -0.25) is 0 Å². The normalized spacial score (nSPS) is 28.5. The van der Waals surface area contributed by atoms with Gasteiger partial charge in [-0.15, -0.1) is 11.6 Å². The molecule has 0 unspecified atom stereocenters. The van der Waals surface area contributed by atoms with Crippen LogP contribution in [0.25, 0.3) is 0 Å². The molecule has 2 atom stereocenters. The Labute approximate surface area is 75.8 Å².